The number of likely N-dealkylation sites (N-methyl/N-ethyl adjacent to an activating group) is 1. The fraction of sp³-hybridized carbons (Fsp3) is 0.240. The van der Waals surface area contributed by atoms with Crippen LogP contribution >= 0.6 is 15.9 Å². The molecule has 3 aromatic carbocycles. The maximum Gasteiger partial charge on any atom is 0.256 e. The van der Waals surface area contributed by atoms with Crippen LogP contribution in [0.5, 0.6) is 5.75 Å². The predicted molar refractivity (Wildman–Crippen MR) is 128 cm³/mol. The minimum Gasteiger partial charge on any atom is -0.488 e. The van der Waals surface area contributed by atoms with E-state index < -0.39 is 17.5 Å². The van der Waals surface area contributed by atoms with E-state index in [0.717, 1.165) is 11.1 Å². The molecule has 0 radical (unpaired) electrons. The summed E-state index contributed by atoms with van der Waals surface area (Å²) in [6, 6.07) is 17.4. The summed E-state index contributed by atoms with van der Waals surface area (Å²) in [7, 11) is 1.76. The van der Waals surface area contributed by atoms with Crippen molar-refractivity contribution in [2.45, 2.75) is 24.1 Å². The summed E-state index contributed by atoms with van der Waals surface area (Å²) < 4.78 is 19.6. The van der Waals surface area contributed by atoms with Gasteiger partial charge in [-0.2, -0.15) is 0 Å². The first-order valence-electron chi connectivity index (χ1n) is 10.7. The fourth-order valence-corrected chi connectivity index (χ4v) is 5.70. The lowest BCUT2D eigenvalue weighted by Gasteiger charge is -2.30. The Bertz CT molecular complexity index is 1290. The van der Waals surface area contributed by atoms with Crippen molar-refractivity contribution in [3.05, 3.63) is 104 Å². The van der Waals surface area contributed by atoms with Crippen molar-refractivity contribution in [1.29, 1.82) is 0 Å². The van der Waals surface area contributed by atoms with Gasteiger partial charge in [-0.15, -0.1) is 0 Å². The highest BCUT2D eigenvalue weighted by Gasteiger charge is 2.68. The Morgan fingerprint density at radius 3 is 2.65 bits per heavy atom. The van der Waals surface area contributed by atoms with Gasteiger partial charge in [-0.05, 0) is 64.4 Å². The van der Waals surface area contributed by atoms with Crippen LogP contribution in [0.1, 0.15) is 22.6 Å². The maximum absolute atomic E-state index is 13.2. The zero-order chi connectivity index (χ0) is 24.0. The molecule has 0 unspecified atom stereocenters. The standard InChI is InChI=1S/C25H21BrFN3O4/c1-29-13-18(23(30(32)33)25(29)19-4-2-3-5-21(19)28-24(25)31)16-8-11-22(20(26)12-16)34-14-15-6-9-17(27)10-7-15/h2-12,18,23H,13-14H2,1H3,(H,28,31)/t18-,23-,25+/m1/s1. The van der Waals surface area contributed by atoms with Gasteiger partial charge in [0.15, 0.2) is 5.54 Å². The number of hydrogen-bond donors (Lipinski definition) is 1. The Labute approximate surface area is 203 Å². The molecule has 0 saturated carbocycles. The van der Waals surface area contributed by atoms with Crippen molar-refractivity contribution >= 4 is 27.5 Å². The van der Waals surface area contributed by atoms with Gasteiger partial charge >= 0.3 is 0 Å². The monoisotopic (exact) mass is 525 g/mol. The lowest BCUT2D eigenvalue weighted by Crippen LogP contribution is -2.54. The van der Waals surface area contributed by atoms with Crippen LogP contribution in [0.15, 0.2) is 71.2 Å². The number of anilines is 1. The average molecular weight is 526 g/mol. The van der Waals surface area contributed by atoms with Gasteiger partial charge in [0.2, 0.25) is 0 Å². The summed E-state index contributed by atoms with van der Waals surface area (Å²) in [4.78, 5) is 27.1. The summed E-state index contributed by atoms with van der Waals surface area (Å²) in [5.74, 6) is -0.638. The molecule has 0 bridgehead atoms. The van der Waals surface area contributed by atoms with Crippen LogP contribution in [0.3, 0.4) is 0 Å². The number of rotatable bonds is 5. The Kier molecular flexibility index (Phi) is 5.61. The van der Waals surface area contributed by atoms with E-state index in [9.17, 15) is 19.3 Å². The molecular formula is C25H21BrFN3O4. The molecule has 2 aliphatic rings. The van der Waals surface area contributed by atoms with Crippen molar-refractivity contribution in [3.63, 3.8) is 0 Å². The van der Waals surface area contributed by atoms with E-state index in [1.54, 1.807) is 60.5 Å². The smallest absolute Gasteiger partial charge is 0.256 e. The number of likely N-dealkylation sites (tertiary alicyclic amines) is 1. The third-order valence-electron chi connectivity index (χ3n) is 6.73. The Morgan fingerprint density at radius 2 is 1.94 bits per heavy atom. The quantitative estimate of drug-likeness (QED) is 0.385. The summed E-state index contributed by atoms with van der Waals surface area (Å²) >= 11 is 3.52. The Morgan fingerprint density at radius 1 is 1.21 bits per heavy atom. The van der Waals surface area contributed by atoms with E-state index >= 15 is 0 Å². The maximum atomic E-state index is 13.2. The van der Waals surface area contributed by atoms with Crippen LogP contribution in [0.4, 0.5) is 10.1 Å². The first-order chi connectivity index (χ1) is 16.3. The molecule has 1 saturated heterocycles. The first-order valence-corrected chi connectivity index (χ1v) is 11.5. The number of nitrogens with zero attached hydrogens (tertiary/aromatic N) is 2. The van der Waals surface area contributed by atoms with Crippen LogP contribution < -0.4 is 10.1 Å². The number of ether oxygens (including phenoxy) is 1. The highest BCUT2D eigenvalue weighted by atomic mass is 79.9. The first kappa shape index (κ1) is 22.5. The number of carbonyl (C=O) groups excluding carboxylic acids is 1. The molecule has 1 N–H and O–H groups in total. The van der Waals surface area contributed by atoms with Crippen molar-refractivity contribution in [3.8, 4) is 5.75 Å². The van der Waals surface area contributed by atoms with E-state index in [4.69, 9.17) is 4.74 Å². The van der Waals surface area contributed by atoms with E-state index in [0.29, 0.717) is 28.0 Å². The van der Waals surface area contributed by atoms with Crippen molar-refractivity contribution in [2.24, 2.45) is 0 Å². The minimum atomic E-state index is -1.38. The second-order valence-corrected chi connectivity index (χ2v) is 9.44. The van der Waals surface area contributed by atoms with Gasteiger partial charge in [0, 0.05) is 22.7 Å². The van der Waals surface area contributed by atoms with Crippen molar-refractivity contribution < 1.29 is 18.8 Å². The second-order valence-electron chi connectivity index (χ2n) is 8.59. The van der Waals surface area contributed by atoms with Crippen LogP contribution in [0.2, 0.25) is 0 Å². The van der Waals surface area contributed by atoms with Crippen molar-refractivity contribution in [2.75, 3.05) is 18.9 Å². The largest absolute Gasteiger partial charge is 0.488 e. The van der Waals surface area contributed by atoms with E-state index in [1.165, 1.54) is 12.1 Å². The topological polar surface area (TPSA) is 84.7 Å². The van der Waals surface area contributed by atoms with Gasteiger partial charge in [-0.1, -0.05) is 36.4 Å². The molecule has 1 fully saturated rings. The normalized spacial score (nSPS) is 23.7. The third-order valence-corrected chi connectivity index (χ3v) is 7.35. The minimum absolute atomic E-state index is 0.252. The van der Waals surface area contributed by atoms with E-state index in [2.05, 4.69) is 21.2 Å². The molecule has 3 atom stereocenters. The van der Waals surface area contributed by atoms with Gasteiger partial charge in [0.1, 0.15) is 18.2 Å². The molecule has 9 heteroatoms. The lowest BCUT2D eigenvalue weighted by atomic mass is 9.79. The van der Waals surface area contributed by atoms with Gasteiger partial charge in [0.25, 0.3) is 11.9 Å². The van der Waals surface area contributed by atoms with Crippen LogP contribution in [-0.4, -0.2) is 35.4 Å². The second kappa shape index (κ2) is 8.48. The SMILES string of the molecule is CN1C[C@H](c2ccc(OCc3ccc(F)cc3)c(Br)c2)[C@@H]([N+](=O)[O-])[C@@]12C(=O)Nc1ccccc12. The van der Waals surface area contributed by atoms with Crippen LogP contribution in [0, 0.1) is 15.9 Å². The lowest BCUT2D eigenvalue weighted by molar-refractivity contribution is -0.534. The Balaban J connectivity index is 1.46. The van der Waals surface area contributed by atoms with Gasteiger partial charge in [0.05, 0.1) is 10.4 Å². The highest BCUT2D eigenvalue weighted by Crippen LogP contribution is 2.52. The number of hydrogen-bond acceptors (Lipinski definition) is 5. The average Bonchev–Trinajstić information content (AvgIpc) is 3.29. The molecule has 1 amide bonds. The fourth-order valence-electron chi connectivity index (χ4n) is 5.19. The number of fused-ring (bicyclic) bond motifs is 2. The number of nitrogens with one attached hydrogen (secondary N) is 1. The Hall–Kier alpha value is -3.30. The molecule has 0 aromatic heterocycles. The number of amides is 1. The summed E-state index contributed by atoms with van der Waals surface area (Å²) in [6.45, 7) is 0.595. The van der Waals surface area contributed by atoms with Gasteiger partial charge < -0.3 is 10.1 Å². The van der Waals surface area contributed by atoms with Crippen molar-refractivity contribution in [1.82, 2.24) is 4.90 Å². The van der Waals surface area contributed by atoms with Gasteiger partial charge in [-0.3, -0.25) is 19.8 Å². The zero-order valence-corrected chi connectivity index (χ0v) is 19.8. The molecule has 3 aromatic rings. The molecule has 174 valence electrons. The summed E-state index contributed by atoms with van der Waals surface area (Å²) in [6.07, 6.45) is 0. The molecule has 5 rings (SSSR count). The molecule has 2 aliphatic heterocycles. The number of benzene rings is 3. The zero-order valence-electron chi connectivity index (χ0n) is 18.2. The summed E-state index contributed by atoms with van der Waals surface area (Å²) in [5.41, 5.74) is 1.41. The molecule has 1 spiro atoms. The van der Waals surface area contributed by atoms with E-state index in [1.807, 2.05) is 6.07 Å². The third kappa shape index (κ3) is 3.47. The van der Waals surface area contributed by atoms with Gasteiger partial charge in [-0.25, -0.2) is 4.39 Å². The number of halogens is 2. The number of carbonyl (C=O) groups is 1. The molecular weight excluding hydrogens is 505 g/mol. The number of para-hydroxylation sites is 1. The predicted octanol–water partition coefficient (Wildman–Crippen LogP) is 4.69. The van der Waals surface area contributed by atoms with E-state index in [-0.39, 0.29) is 23.3 Å². The molecule has 2 heterocycles. The molecule has 0 aliphatic carbocycles. The molecule has 34 heavy (non-hydrogen) atoms. The molecule has 7 nitrogen and oxygen atoms in total. The van der Waals surface area contributed by atoms with Crippen LogP contribution in [0.25, 0.3) is 0 Å². The van der Waals surface area contributed by atoms with Crippen LogP contribution in [-0.2, 0) is 16.9 Å². The highest BCUT2D eigenvalue weighted by molar-refractivity contribution is 9.10. The number of nitro groups is 1. The summed E-state index contributed by atoms with van der Waals surface area (Å²) in [5, 5.41) is 15.3.